The summed E-state index contributed by atoms with van der Waals surface area (Å²) in [7, 11) is 1.42. The molecule has 1 aromatic rings. The van der Waals surface area contributed by atoms with E-state index in [9.17, 15) is 18.0 Å². The quantitative estimate of drug-likeness (QED) is 0.600. The van der Waals surface area contributed by atoms with Gasteiger partial charge in [0.25, 0.3) is 0 Å². The van der Waals surface area contributed by atoms with Crippen molar-refractivity contribution >= 4 is 17.3 Å². The molecule has 1 atom stereocenters. The fourth-order valence-electron chi connectivity index (χ4n) is 2.05. The van der Waals surface area contributed by atoms with Gasteiger partial charge in [-0.25, -0.2) is 0 Å². The molecule has 136 valence electrons. The van der Waals surface area contributed by atoms with Gasteiger partial charge in [-0.1, -0.05) is 13.3 Å². The van der Waals surface area contributed by atoms with Crippen LogP contribution in [0.4, 0.5) is 24.5 Å². The molecule has 0 bridgehead atoms. The molecule has 0 aliphatic heterocycles. The largest absolute Gasteiger partial charge is 0.416 e. The number of nitrogens with one attached hydrogen (secondary N) is 2. The second-order valence-corrected chi connectivity index (χ2v) is 5.38. The lowest BCUT2D eigenvalue weighted by Crippen LogP contribution is -2.28. The number of ether oxygens (including phenoxy) is 1. The Kier molecular flexibility index (Phi) is 8.00. The highest BCUT2D eigenvalue weighted by atomic mass is 19.4. The molecule has 0 aromatic heterocycles. The van der Waals surface area contributed by atoms with Gasteiger partial charge in [0.15, 0.2) is 0 Å². The number of amides is 1. The molecule has 0 radical (unpaired) electrons. The molecule has 0 saturated carbocycles. The van der Waals surface area contributed by atoms with Crippen molar-refractivity contribution in [3.8, 4) is 0 Å². The Bertz CT molecular complexity index is 532. The first-order valence-corrected chi connectivity index (χ1v) is 7.79. The number of benzene rings is 1. The van der Waals surface area contributed by atoms with E-state index >= 15 is 0 Å². The van der Waals surface area contributed by atoms with Crippen LogP contribution in [0, 0.1) is 0 Å². The van der Waals surface area contributed by atoms with Crippen LogP contribution in [0.1, 0.15) is 31.7 Å². The standard InChI is InChI=1S/C16H24F3N3O2/c1-3-4-7-21-13-6-5-11(16(17,18)19)8-14(13)22-15(23)9-12(10-20)24-2/h5-6,8,12,21H,3-4,7,9-10,20H2,1-2H3,(H,22,23). The summed E-state index contributed by atoms with van der Waals surface area (Å²) in [5, 5.41) is 5.55. The molecule has 1 aromatic carbocycles. The molecule has 0 fully saturated rings. The molecule has 0 spiro atoms. The van der Waals surface area contributed by atoms with Gasteiger partial charge in [0, 0.05) is 20.2 Å². The Balaban J connectivity index is 2.95. The van der Waals surface area contributed by atoms with Gasteiger partial charge in [-0.05, 0) is 24.6 Å². The highest BCUT2D eigenvalue weighted by molar-refractivity contribution is 5.94. The second kappa shape index (κ2) is 9.48. The Morgan fingerprint density at radius 2 is 2.04 bits per heavy atom. The first-order chi connectivity index (χ1) is 11.3. The zero-order valence-electron chi connectivity index (χ0n) is 13.9. The van der Waals surface area contributed by atoms with Crippen LogP contribution in [0.25, 0.3) is 0 Å². The number of carbonyl (C=O) groups excluding carboxylic acids is 1. The van der Waals surface area contributed by atoms with E-state index < -0.39 is 23.8 Å². The van der Waals surface area contributed by atoms with Crippen molar-refractivity contribution < 1.29 is 22.7 Å². The van der Waals surface area contributed by atoms with Crippen LogP contribution >= 0.6 is 0 Å². The molecule has 0 aliphatic rings. The van der Waals surface area contributed by atoms with Crippen molar-refractivity contribution in [1.29, 1.82) is 0 Å². The van der Waals surface area contributed by atoms with E-state index in [1.54, 1.807) is 0 Å². The lowest BCUT2D eigenvalue weighted by Gasteiger charge is -2.17. The smallest absolute Gasteiger partial charge is 0.383 e. The summed E-state index contributed by atoms with van der Waals surface area (Å²) in [4.78, 5) is 12.0. The van der Waals surface area contributed by atoms with Crippen molar-refractivity contribution in [2.45, 2.75) is 38.5 Å². The van der Waals surface area contributed by atoms with E-state index in [4.69, 9.17) is 10.5 Å². The van der Waals surface area contributed by atoms with E-state index in [1.807, 2.05) is 6.92 Å². The van der Waals surface area contributed by atoms with Crippen LogP contribution in [0.5, 0.6) is 0 Å². The van der Waals surface area contributed by atoms with Gasteiger partial charge in [0.1, 0.15) is 0 Å². The number of halogens is 3. The van der Waals surface area contributed by atoms with Gasteiger partial charge < -0.3 is 21.1 Å². The maximum atomic E-state index is 12.9. The maximum Gasteiger partial charge on any atom is 0.416 e. The van der Waals surface area contributed by atoms with Gasteiger partial charge in [0.2, 0.25) is 5.91 Å². The van der Waals surface area contributed by atoms with Crippen LogP contribution in [-0.2, 0) is 15.7 Å². The number of hydrogen-bond donors (Lipinski definition) is 3. The molecule has 24 heavy (non-hydrogen) atoms. The Hall–Kier alpha value is -1.80. The lowest BCUT2D eigenvalue weighted by molar-refractivity contribution is -0.137. The molecule has 1 unspecified atom stereocenters. The lowest BCUT2D eigenvalue weighted by atomic mass is 10.1. The van der Waals surface area contributed by atoms with Crippen molar-refractivity contribution in [3.05, 3.63) is 23.8 Å². The number of rotatable bonds is 9. The van der Waals surface area contributed by atoms with Crippen LogP contribution in [0.3, 0.4) is 0 Å². The van der Waals surface area contributed by atoms with Crippen molar-refractivity contribution in [3.63, 3.8) is 0 Å². The summed E-state index contributed by atoms with van der Waals surface area (Å²) in [6.45, 7) is 2.76. The SMILES string of the molecule is CCCCNc1ccc(C(F)(F)F)cc1NC(=O)CC(CN)OC. The zero-order valence-corrected chi connectivity index (χ0v) is 13.9. The number of nitrogens with two attached hydrogens (primary N) is 1. The first kappa shape index (κ1) is 20.2. The van der Waals surface area contributed by atoms with Gasteiger partial charge >= 0.3 is 6.18 Å². The predicted octanol–water partition coefficient (Wildman–Crippen LogP) is 3.22. The van der Waals surface area contributed by atoms with Gasteiger partial charge in [-0.2, -0.15) is 13.2 Å². The zero-order chi connectivity index (χ0) is 18.2. The van der Waals surface area contributed by atoms with Crippen LogP contribution in [-0.4, -0.2) is 32.2 Å². The highest BCUT2D eigenvalue weighted by Crippen LogP contribution is 2.34. The number of methoxy groups -OCH3 is 1. The third-order valence-corrected chi connectivity index (χ3v) is 3.48. The Morgan fingerprint density at radius 1 is 1.33 bits per heavy atom. The maximum absolute atomic E-state index is 12.9. The molecular formula is C16H24F3N3O2. The molecule has 1 rings (SSSR count). The van der Waals surface area contributed by atoms with Crippen molar-refractivity contribution in [2.24, 2.45) is 5.73 Å². The van der Waals surface area contributed by atoms with Gasteiger partial charge in [0.05, 0.1) is 29.5 Å². The fourth-order valence-corrected chi connectivity index (χ4v) is 2.05. The minimum atomic E-state index is -4.48. The van der Waals surface area contributed by atoms with E-state index in [0.29, 0.717) is 12.2 Å². The molecule has 0 aliphatic carbocycles. The summed E-state index contributed by atoms with van der Waals surface area (Å²) in [6, 6.07) is 3.24. The topological polar surface area (TPSA) is 76.4 Å². The minimum Gasteiger partial charge on any atom is -0.383 e. The van der Waals surface area contributed by atoms with Crippen LogP contribution < -0.4 is 16.4 Å². The first-order valence-electron chi connectivity index (χ1n) is 7.79. The minimum absolute atomic E-state index is 0.0301. The molecular weight excluding hydrogens is 323 g/mol. The number of alkyl halides is 3. The van der Waals surface area contributed by atoms with E-state index in [1.165, 1.54) is 13.2 Å². The number of unbranched alkanes of at least 4 members (excludes halogenated alkanes) is 1. The van der Waals surface area contributed by atoms with Crippen LogP contribution in [0.2, 0.25) is 0 Å². The Labute approximate surface area is 139 Å². The van der Waals surface area contributed by atoms with E-state index in [0.717, 1.165) is 25.0 Å². The molecule has 0 heterocycles. The van der Waals surface area contributed by atoms with Crippen molar-refractivity contribution in [2.75, 3.05) is 30.8 Å². The van der Waals surface area contributed by atoms with E-state index in [-0.39, 0.29) is 18.7 Å². The summed E-state index contributed by atoms with van der Waals surface area (Å²) < 4.78 is 43.7. The number of carbonyl (C=O) groups is 1. The van der Waals surface area contributed by atoms with E-state index in [2.05, 4.69) is 10.6 Å². The van der Waals surface area contributed by atoms with Gasteiger partial charge in [-0.15, -0.1) is 0 Å². The Morgan fingerprint density at radius 3 is 2.58 bits per heavy atom. The third kappa shape index (κ3) is 6.37. The number of anilines is 2. The fraction of sp³-hybridized carbons (Fsp3) is 0.562. The average Bonchev–Trinajstić information content (AvgIpc) is 2.53. The summed E-state index contributed by atoms with van der Waals surface area (Å²) in [5.74, 6) is -0.454. The van der Waals surface area contributed by atoms with Gasteiger partial charge in [-0.3, -0.25) is 4.79 Å². The third-order valence-electron chi connectivity index (χ3n) is 3.48. The monoisotopic (exact) mass is 347 g/mol. The summed E-state index contributed by atoms with van der Waals surface area (Å²) in [5.41, 5.74) is 5.18. The normalized spacial score (nSPS) is 12.8. The predicted molar refractivity (Wildman–Crippen MR) is 87.9 cm³/mol. The molecule has 1 amide bonds. The van der Waals surface area contributed by atoms with Crippen molar-refractivity contribution in [1.82, 2.24) is 0 Å². The average molecular weight is 347 g/mol. The van der Waals surface area contributed by atoms with Crippen LogP contribution in [0.15, 0.2) is 18.2 Å². The molecule has 0 saturated heterocycles. The summed E-state index contributed by atoms with van der Waals surface area (Å²) in [6.07, 6.45) is -3.17. The summed E-state index contributed by atoms with van der Waals surface area (Å²) >= 11 is 0. The number of hydrogen-bond acceptors (Lipinski definition) is 4. The molecule has 4 N–H and O–H groups in total. The second-order valence-electron chi connectivity index (χ2n) is 5.38. The highest BCUT2D eigenvalue weighted by Gasteiger charge is 2.31. The molecule has 5 nitrogen and oxygen atoms in total. The molecule has 8 heteroatoms.